The number of carbonyl (C=O) groups is 3. The van der Waals surface area contributed by atoms with Crippen molar-refractivity contribution in [2.75, 3.05) is 16.0 Å². The summed E-state index contributed by atoms with van der Waals surface area (Å²) in [6.45, 7) is 0. The average Bonchev–Trinajstić information content (AvgIpc) is 3.21. The first-order valence-corrected chi connectivity index (χ1v) is 17.9. The molecule has 12 nitrogen and oxygen atoms in total. The minimum Gasteiger partial charge on any atom is -0.325 e. The van der Waals surface area contributed by atoms with Crippen LogP contribution in [0.4, 0.5) is 17.1 Å². The Morgan fingerprint density at radius 3 is 0.873 bits per heavy atom. The number of hydrogen-bond donors (Lipinski definition) is 6. The second-order valence-electron chi connectivity index (χ2n) is 13.3. The molecule has 9 N–H and O–H groups in total. The van der Waals surface area contributed by atoms with Crippen LogP contribution in [0.15, 0.2) is 146 Å². The molecule has 55 heavy (non-hydrogen) atoms. The number of nitrogens with zero attached hydrogens (tertiary/aromatic N) is 3. The highest BCUT2D eigenvalue weighted by atomic mass is 16.2. The second-order valence-corrected chi connectivity index (χ2v) is 13.3. The van der Waals surface area contributed by atoms with Gasteiger partial charge in [-0.3, -0.25) is 29.3 Å². The van der Waals surface area contributed by atoms with E-state index in [1.807, 2.05) is 109 Å². The summed E-state index contributed by atoms with van der Waals surface area (Å²) in [5.41, 5.74) is 26.1. The number of anilines is 3. The lowest BCUT2D eigenvalue weighted by molar-refractivity contribution is -0.118. The van der Waals surface area contributed by atoms with Crippen molar-refractivity contribution in [3.8, 4) is 0 Å². The zero-order chi connectivity index (χ0) is 38.6. The second kappa shape index (κ2) is 18.4. The molecule has 6 aromatic rings. The van der Waals surface area contributed by atoms with Crippen LogP contribution in [0.3, 0.4) is 0 Å². The van der Waals surface area contributed by atoms with Gasteiger partial charge in [0.2, 0.25) is 17.7 Å². The molecule has 3 amide bonds. The van der Waals surface area contributed by atoms with E-state index in [2.05, 4.69) is 30.9 Å². The summed E-state index contributed by atoms with van der Waals surface area (Å²) < 4.78 is 0. The van der Waals surface area contributed by atoms with Crippen molar-refractivity contribution in [1.82, 2.24) is 15.0 Å². The lowest BCUT2D eigenvalue weighted by atomic mass is 9.85. The normalized spacial score (nSPS) is 12.7. The third kappa shape index (κ3) is 10.7. The number of amides is 3. The molecular formula is C43H43N9O3. The van der Waals surface area contributed by atoms with Crippen molar-refractivity contribution in [1.29, 1.82) is 0 Å². The fourth-order valence-corrected chi connectivity index (χ4v) is 6.16. The van der Waals surface area contributed by atoms with Gasteiger partial charge in [0.05, 0.1) is 18.1 Å². The van der Waals surface area contributed by atoms with Gasteiger partial charge in [-0.15, -0.1) is 0 Å². The highest BCUT2D eigenvalue weighted by Crippen LogP contribution is 2.34. The molecule has 0 fully saturated rings. The molecule has 0 saturated heterocycles. The predicted molar refractivity (Wildman–Crippen MR) is 214 cm³/mol. The Kier molecular flexibility index (Phi) is 12.8. The van der Waals surface area contributed by atoms with Crippen LogP contribution in [0, 0.1) is 0 Å². The Bertz CT molecular complexity index is 1900. The molecule has 0 aliphatic heterocycles. The summed E-state index contributed by atoms with van der Waals surface area (Å²) >= 11 is 0. The summed E-state index contributed by atoms with van der Waals surface area (Å²) in [6, 6.07) is 31.6. The Hall–Kier alpha value is -6.60. The van der Waals surface area contributed by atoms with E-state index in [4.69, 9.17) is 17.2 Å². The number of nitrogens with one attached hydrogen (secondary N) is 3. The lowest BCUT2D eigenvalue weighted by Gasteiger charge is -2.21. The topological polar surface area (TPSA) is 204 Å². The van der Waals surface area contributed by atoms with Gasteiger partial charge >= 0.3 is 0 Å². The monoisotopic (exact) mass is 733 g/mol. The van der Waals surface area contributed by atoms with Crippen LogP contribution in [-0.4, -0.2) is 50.8 Å². The fourth-order valence-electron chi connectivity index (χ4n) is 6.16. The fraction of sp³-hybridized carbons (Fsp3) is 0.163. The van der Waals surface area contributed by atoms with Crippen molar-refractivity contribution >= 4 is 34.8 Å². The number of aromatic nitrogens is 3. The van der Waals surface area contributed by atoms with E-state index < -0.39 is 18.1 Å². The summed E-state index contributed by atoms with van der Waals surface area (Å²) in [7, 11) is 0. The van der Waals surface area contributed by atoms with Gasteiger partial charge in [0.25, 0.3) is 0 Å². The molecule has 0 bridgehead atoms. The molecule has 278 valence electrons. The molecule has 3 heterocycles. The molecule has 3 atom stereocenters. The zero-order valence-electron chi connectivity index (χ0n) is 30.1. The maximum atomic E-state index is 12.9. The molecule has 3 aromatic heterocycles. The number of nitrogens with two attached hydrogens (primary N) is 3. The number of hydrogen-bond acceptors (Lipinski definition) is 9. The molecule has 6 rings (SSSR count). The Labute approximate surface area is 319 Å². The van der Waals surface area contributed by atoms with E-state index in [0.717, 1.165) is 33.4 Å². The molecule has 0 aliphatic carbocycles. The van der Waals surface area contributed by atoms with Crippen molar-refractivity contribution in [2.45, 2.75) is 43.3 Å². The van der Waals surface area contributed by atoms with E-state index >= 15 is 0 Å². The largest absolute Gasteiger partial charge is 0.325 e. The van der Waals surface area contributed by atoms with Gasteiger partial charge in [0, 0.05) is 60.2 Å². The van der Waals surface area contributed by atoms with Gasteiger partial charge in [-0.2, -0.15) is 0 Å². The van der Waals surface area contributed by atoms with E-state index in [1.54, 1.807) is 37.2 Å². The molecule has 3 aromatic carbocycles. The molecule has 0 spiro atoms. The zero-order valence-corrected chi connectivity index (χ0v) is 30.1. The highest BCUT2D eigenvalue weighted by molar-refractivity contribution is 5.96. The van der Waals surface area contributed by atoms with Gasteiger partial charge in [0.15, 0.2) is 0 Å². The summed E-state index contributed by atoms with van der Waals surface area (Å²) in [5, 5.41) is 8.76. The summed E-state index contributed by atoms with van der Waals surface area (Å²) in [5.74, 6) is -1.12. The van der Waals surface area contributed by atoms with Gasteiger partial charge < -0.3 is 33.2 Å². The minimum absolute atomic E-state index is 0.240. The van der Waals surface area contributed by atoms with E-state index in [-0.39, 0.29) is 23.6 Å². The first kappa shape index (κ1) is 38.1. The molecule has 0 radical (unpaired) electrons. The molecule has 0 saturated carbocycles. The van der Waals surface area contributed by atoms with Crippen LogP contribution in [0.1, 0.15) is 39.3 Å². The summed E-state index contributed by atoms with van der Waals surface area (Å²) in [6.07, 6.45) is 11.2. The minimum atomic E-state index is -0.733. The molecule has 0 aliphatic rings. The first-order valence-electron chi connectivity index (χ1n) is 17.9. The maximum absolute atomic E-state index is 12.9. The van der Waals surface area contributed by atoms with Crippen molar-refractivity contribution in [2.24, 2.45) is 17.2 Å². The predicted octanol–water partition coefficient (Wildman–Crippen LogP) is 4.58. The Morgan fingerprint density at radius 1 is 0.400 bits per heavy atom. The van der Waals surface area contributed by atoms with E-state index in [9.17, 15) is 14.4 Å². The van der Waals surface area contributed by atoms with Crippen LogP contribution < -0.4 is 33.2 Å². The van der Waals surface area contributed by atoms with Crippen LogP contribution in [0.2, 0.25) is 0 Å². The van der Waals surface area contributed by atoms with E-state index in [0.29, 0.717) is 36.3 Å². The van der Waals surface area contributed by atoms with E-state index in [1.165, 1.54) is 0 Å². The number of carbonyl (C=O) groups excluding carboxylic acids is 3. The Balaban J connectivity index is 1.18. The van der Waals surface area contributed by atoms with Crippen LogP contribution in [0.25, 0.3) is 0 Å². The average molecular weight is 734 g/mol. The SMILES string of the molecule is N[C@H](Cc1ccncc1)C(=O)Nc1ccc(C(c2ccc(NC(=O)[C@H](N)Cc3ccncc3)cc2)c2ccc(NC(=O)[C@H](N)Cc3ccncc3)cc2)cc1. The Morgan fingerprint density at radius 2 is 0.636 bits per heavy atom. The highest BCUT2D eigenvalue weighted by Gasteiger charge is 2.21. The van der Waals surface area contributed by atoms with Crippen LogP contribution in [-0.2, 0) is 33.6 Å². The van der Waals surface area contributed by atoms with Gasteiger partial charge in [-0.25, -0.2) is 0 Å². The maximum Gasteiger partial charge on any atom is 0.241 e. The molecule has 0 unspecified atom stereocenters. The number of benzene rings is 3. The lowest BCUT2D eigenvalue weighted by Crippen LogP contribution is -2.37. The smallest absolute Gasteiger partial charge is 0.241 e. The quantitative estimate of drug-likeness (QED) is 0.0817. The van der Waals surface area contributed by atoms with Gasteiger partial charge in [0.1, 0.15) is 0 Å². The third-order valence-corrected chi connectivity index (χ3v) is 9.16. The third-order valence-electron chi connectivity index (χ3n) is 9.16. The molecular weight excluding hydrogens is 691 g/mol. The standard InChI is InChI=1S/C43H43N9O3/c44-37(25-28-13-19-47-20-14-28)41(53)50-34-7-1-31(2-8-34)40(32-3-9-35(10-4-32)51-42(54)38(45)26-29-15-21-48-22-16-29)33-5-11-36(12-6-33)52-43(55)39(46)27-30-17-23-49-24-18-30/h1-24,37-40H,25-27,44-46H2,(H,50,53)(H,51,54)(H,52,55)/t37-,38-,39-/m1/s1. The van der Waals surface area contributed by atoms with Crippen molar-refractivity contribution in [3.05, 3.63) is 180 Å². The van der Waals surface area contributed by atoms with Crippen molar-refractivity contribution < 1.29 is 14.4 Å². The number of pyridine rings is 3. The van der Waals surface area contributed by atoms with Gasteiger partial charge in [-0.1, -0.05) is 36.4 Å². The van der Waals surface area contributed by atoms with Crippen LogP contribution in [0.5, 0.6) is 0 Å². The summed E-state index contributed by atoms with van der Waals surface area (Å²) in [4.78, 5) is 50.8. The number of rotatable bonds is 15. The first-order chi connectivity index (χ1) is 26.7. The molecule has 12 heteroatoms. The van der Waals surface area contributed by atoms with Gasteiger partial charge in [-0.05, 0) is 125 Å². The van der Waals surface area contributed by atoms with Crippen molar-refractivity contribution in [3.63, 3.8) is 0 Å². The van der Waals surface area contributed by atoms with Crippen LogP contribution >= 0.6 is 0 Å².